The normalized spacial score (nSPS) is 16.0. The molecule has 0 bridgehead atoms. The molecule has 0 aliphatic carbocycles. The molecule has 2 aromatic carbocycles. The summed E-state index contributed by atoms with van der Waals surface area (Å²) < 4.78 is 71.1. The second-order valence-corrected chi connectivity index (χ2v) is 12.1. The number of benzene rings is 2. The molecule has 0 N–H and O–H groups in total. The Morgan fingerprint density at radius 2 is 1.76 bits per heavy atom. The number of fused-ring (bicyclic) bond motifs is 1. The Morgan fingerprint density at radius 1 is 1.05 bits per heavy atom. The molecule has 1 atom stereocenters. The molecule has 13 heteroatoms. The Morgan fingerprint density at radius 3 is 2.44 bits per heavy atom. The average molecular weight is 587 g/mol. The van der Waals surface area contributed by atoms with E-state index in [1.165, 1.54) is 35.6 Å². The van der Waals surface area contributed by atoms with Gasteiger partial charge in [0.25, 0.3) is 5.56 Å². The van der Waals surface area contributed by atoms with E-state index in [1.807, 2.05) is 31.2 Å². The maximum Gasteiger partial charge on any atom is 0.421 e. The highest BCUT2D eigenvalue weighted by molar-refractivity contribution is 7.91. The largest absolute Gasteiger partial charge is 0.438 e. The van der Waals surface area contributed by atoms with Crippen molar-refractivity contribution in [1.29, 1.82) is 0 Å². The molecule has 5 rings (SSSR count). The summed E-state index contributed by atoms with van der Waals surface area (Å²) in [5.41, 5.74) is 0.441. The van der Waals surface area contributed by atoms with Crippen molar-refractivity contribution in [2.75, 3.05) is 24.6 Å². The number of hydrogen-bond acceptors (Lipinski definition) is 7. The molecule has 1 unspecified atom stereocenters. The van der Waals surface area contributed by atoms with Crippen LogP contribution in [0.1, 0.15) is 29.2 Å². The third kappa shape index (κ3) is 6.24. The van der Waals surface area contributed by atoms with Gasteiger partial charge in [0.05, 0.1) is 41.2 Å². The van der Waals surface area contributed by atoms with Crippen molar-refractivity contribution >= 4 is 26.6 Å². The van der Waals surface area contributed by atoms with Crippen molar-refractivity contribution in [3.05, 3.63) is 94.2 Å². The lowest BCUT2D eigenvalue weighted by Gasteiger charge is -2.29. The highest BCUT2D eigenvalue weighted by atomic mass is 32.2. The Hall–Kier alpha value is -4.26. The number of carbonyl (C=O) groups is 1. The molecule has 0 spiro atoms. The first-order valence-corrected chi connectivity index (χ1v) is 14.5. The summed E-state index contributed by atoms with van der Waals surface area (Å²) in [5.74, 6) is -1.17. The average Bonchev–Trinajstić information content (AvgIpc) is 2.92. The lowest BCUT2D eigenvalue weighted by Crippen LogP contribution is -2.44. The zero-order chi connectivity index (χ0) is 29.4. The number of pyridine rings is 1. The molecule has 41 heavy (non-hydrogen) atoms. The minimum absolute atomic E-state index is 0.0378. The summed E-state index contributed by atoms with van der Waals surface area (Å²) in [6, 6.07) is 13.1. The van der Waals surface area contributed by atoms with Gasteiger partial charge in [-0.2, -0.15) is 18.2 Å². The number of carbonyl (C=O) groups excluding carboxylic acids is 1. The number of ether oxygens (including phenoxy) is 1. The van der Waals surface area contributed by atoms with Crippen molar-refractivity contribution in [1.82, 2.24) is 19.4 Å². The second kappa shape index (κ2) is 11.0. The first-order valence-electron chi connectivity index (χ1n) is 12.7. The van der Waals surface area contributed by atoms with E-state index in [2.05, 4.69) is 9.97 Å². The third-order valence-corrected chi connectivity index (χ3v) is 8.54. The molecule has 1 saturated heterocycles. The topological polar surface area (TPSA) is 111 Å². The van der Waals surface area contributed by atoms with Crippen LogP contribution in [-0.4, -0.2) is 58.4 Å². The quantitative estimate of drug-likeness (QED) is 0.334. The number of aryl methyl sites for hydroxylation is 1. The lowest BCUT2D eigenvalue weighted by molar-refractivity contribution is -0.139. The Labute approximate surface area is 233 Å². The number of halogens is 3. The van der Waals surface area contributed by atoms with E-state index >= 15 is 0 Å². The minimum Gasteiger partial charge on any atom is -0.438 e. The second-order valence-electron chi connectivity index (χ2n) is 9.76. The van der Waals surface area contributed by atoms with Gasteiger partial charge in [0, 0.05) is 19.3 Å². The first-order chi connectivity index (χ1) is 19.4. The maximum atomic E-state index is 13.4. The van der Waals surface area contributed by atoms with E-state index in [0.29, 0.717) is 5.52 Å². The monoisotopic (exact) mass is 586 g/mol. The molecule has 1 aliphatic heterocycles. The zero-order valence-electron chi connectivity index (χ0n) is 21.8. The molecule has 9 nitrogen and oxygen atoms in total. The maximum absolute atomic E-state index is 13.4. The molecule has 1 fully saturated rings. The SMILES string of the molecule is Cc1ccc(C(CC(=O)N2CCS(=O)(=O)CC2)n2cnc(=O)c3cc(Oc4ncccc4C(F)(F)F)ccc32)cc1. The van der Waals surface area contributed by atoms with Crippen molar-refractivity contribution in [3.8, 4) is 11.6 Å². The number of nitrogens with zero attached hydrogens (tertiary/aromatic N) is 4. The van der Waals surface area contributed by atoms with Crippen molar-refractivity contribution in [2.24, 2.45) is 0 Å². The van der Waals surface area contributed by atoms with Gasteiger partial charge >= 0.3 is 6.18 Å². The van der Waals surface area contributed by atoms with Crippen LogP contribution in [0.5, 0.6) is 11.6 Å². The van der Waals surface area contributed by atoms with E-state index in [4.69, 9.17) is 4.74 Å². The van der Waals surface area contributed by atoms with E-state index in [-0.39, 0.29) is 48.1 Å². The molecule has 1 aliphatic rings. The van der Waals surface area contributed by atoms with Gasteiger partial charge in [0.15, 0.2) is 9.84 Å². The predicted octanol–water partition coefficient (Wildman–Crippen LogP) is 4.15. The summed E-state index contributed by atoms with van der Waals surface area (Å²) in [4.78, 5) is 35.3. The molecule has 1 amide bonds. The van der Waals surface area contributed by atoms with Gasteiger partial charge in [-0.05, 0) is 42.8 Å². The first kappa shape index (κ1) is 28.3. The van der Waals surface area contributed by atoms with Gasteiger partial charge in [-0.25, -0.2) is 13.4 Å². The summed E-state index contributed by atoms with van der Waals surface area (Å²) in [5, 5.41) is 0.0723. The third-order valence-electron chi connectivity index (χ3n) is 6.93. The van der Waals surface area contributed by atoms with Crippen LogP contribution >= 0.6 is 0 Å². The highest BCUT2D eigenvalue weighted by Crippen LogP contribution is 2.37. The number of sulfone groups is 1. The van der Waals surface area contributed by atoms with Crippen LogP contribution in [-0.2, 0) is 20.8 Å². The fraction of sp³-hybridized carbons (Fsp3) is 0.286. The van der Waals surface area contributed by atoms with Gasteiger partial charge in [0.2, 0.25) is 11.8 Å². The molecule has 4 aromatic rings. The van der Waals surface area contributed by atoms with Crippen LogP contribution in [0.3, 0.4) is 0 Å². The lowest BCUT2D eigenvalue weighted by atomic mass is 10.0. The molecule has 214 valence electrons. The van der Waals surface area contributed by atoms with Crippen LogP contribution < -0.4 is 10.3 Å². The molecule has 3 heterocycles. The highest BCUT2D eigenvalue weighted by Gasteiger charge is 2.35. The number of rotatable bonds is 6. The van der Waals surface area contributed by atoms with E-state index in [0.717, 1.165) is 23.3 Å². The number of hydrogen-bond donors (Lipinski definition) is 0. The van der Waals surface area contributed by atoms with Crippen LogP contribution in [0.15, 0.2) is 71.9 Å². The fourth-order valence-corrected chi connectivity index (χ4v) is 5.89. The molecular weight excluding hydrogens is 561 g/mol. The van der Waals surface area contributed by atoms with Gasteiger partial charge in [-0.15, -0.1) is 0 Å². The number of amides is 1. The van der Waals surface area contributed by atoms with Crippen molar-refractivity contribution in [2.45, 2.75) is 25.6 Å². The van der Waals surface area contributed by atoms with Gasteiger partial charge in [0.1, 0.15) is 11.3 Å². The standard InChI is InChI=1S/C28H25F3N4O5S/c1-18-4-6-19(7-5-18)24(16-25(36)34-11-13-41(38,39)14-12-34)35-17-33-26(37)21-15-20(8-9-23(21)35)40-27-22(28(29,30)31)3-2-10-32-27/h2-10,15,17,24H,11-14,16H2,1H3. The van der Waals surface area contributed by atoms with Crippen LogP contribution in [0.4, 0.5) is 13.2 Å². The van der Waals surface area contributed by atoms with Gasteiger partial charge in [-0.3, -0.25) is 9.59 Å². The minimum atomic E-state index is -4.69. The van der Waals surface area contributed by atoms with E-state index in [9.17, 15) is 31.2 Å². The smallest absolute Gasteiger partial charge is 0.421 e. The molecule has 0 radical (unpaired) electrons. The summed E-state index contributed by atoms with van der Waals surface area (Å²) in [6.07, 6.45) is -2.24. The summed E-state index contributed by atoms with van der Waals surface area (Å²) in [7, 11) is -3.18. The van der Waals surface area contributed by atoms with Crippen molar-refractivity contribution in [3.63, 3.8) is 0 Å². The Balaban J connectivity index is 1.53. The van der Waals surface area contributed by atoms with Gasteiger partial charge < -0.3 is 14.2 Å². The fourth-order valence-electron chi connectivity index (χ4n) is 4.69. The van der Waals surface area contributed by atoms with Gasteiger partial charge in [-0.1, -0.05) is 29.8 Å². The van der Waals surface area contributed by atoms with Crippen LogP contribution in [0, 0.1) is 6.92 Å². The zero-order valence-corrected chi connectivity index (χ0v) is 22.7. The van der Waals surface area contributed by atoms with E-state index in [1.54, 1.807) is 4.57 Å². The summed E-state index contributed by atoms with van der Waals surface area (Å²) >= 11 is 0. The predicted molar refractivity (Wildman–Crippen MR) is 144 cm³/mol. The Bertz CT molecular complexity index is 1760. The molecular formula is C28H25F3N4O5S. The molecule has 2 aromatic heterocycles. The molecule has 0 saturated carbocycles. The van der Waals surface area contributed by atoms with Crippen LogP contribution in [0.2, 0.25) is 0 Å². The summed E-state index contributed by atoms with van der Waals surface area (Å²) in [6.45, 7) is 2.11. The van der Waals surface area contributed by atoms with E-state index < -0.39 is 39.1 Å². The van der Waals surface area contributed by atoms with Crippen LogP contribution in [0.25, 0.3) is 10.9 Å². The van der Waals surface area contributed by atoms with Crippen molar-refractivity contribution < 1.29 is 31.1 Å². The number of aromatic nitrogens is 3. The number of alkyl halides is 3. The Kier molecular flexibility index (Phi) is 7.56.